The molecule has 0 aliphatic carbocycles. The largest absolute Gasteiger partial charge is 0.396 e. The van der Waals surface area contributed by atoms with Crippen LogP contribution in [0.5, 0.6) is 0 Å². The van der Waals surface area contributed by atoms with Crippen LogP contribution < -0.4 is 0 Å². The summed E-state index contributed by atoms with van der Waals surface area (Å²) in [5.74, 6) is -1.80. The van der Waals surface area contributed by atoms with Crippen molar-refractivity contribution in [3.63, 3.8) is 0 Å². The Labute approximate surface area is 189 Å². The number of likely N-dealkylation sites (N-methyl/N-ethyl adjacent to an activating group) is 1. The van der Waals surface area contributed by atoms with Crippen LogP contribution >= 0.6 is 0 Å². The Hall–Kier alpha value is -2.19. The average molecular weight is 446 g/mol. The van der Waals surface area contributed by atoms with Crippen molar-refractivity contribution < 1.29 is 24.2 Å². The first kappa shape index (κ1) is 23.0. The van der Waals surface area contributed by atoms with E-state index in [9.17, 15) is 19.5 Å². The highest BCUT2D eigenvalue weighted by atomic mass is 16.5. The third kappa shape index (κ3) is 3.48. The highest BCUT2D eigenvalue weighted by molar-refractivity contribution is 5.99. The van der Waals surface area contributed by atoms with E-state index < -0.39 is 29.6 Å². The number of amides is 3. The fourth-order valence-corrected chi connectivity index (χ4v) is 5.88. The number of carbonyl (C=O) groups is 3. The van der Waals surface area contributed by atoms with Crippen LogP contribution in [0.15, 0.2) is 24.3 Å². The molecule has 1 N–H and O–H groups in total. The number of hydrogen-bond acceptors (Lipinski definition) is 5. The quantitative estimate of drug-likeness (QED) is 0.466. The monoisotopic (exact) mass is 445 g/mol. The van der Waals surface area contributed by atoms with Gasteiger partial charge in [-0.05, 0) is 26.2 Å². The first-order valence-corrected chi connectivity index (χ1v) is 11.9. The predicted octanol–water partition coefficient (Wildman–Crippen LogP) is 0.955. The zero-order valence-electron chi connectivity index (χ0n) is 19.3. The molecular formula is C24H35N3O5. The zero-order chi connectivity index (χ0) is 23.0. The van der Waals surface area contributed by atoms with E-state index in [4.69, 9.17) is 4.74 Å². The number of nitrogens with zero attached hydrogens (tertiary/aromatic N) is 3. The van der Waals surface area contributed by atoms with E-state index >= 15 is 0 Å². The van der Waals surface area contributed by atoms with Crippen molar-refractivity contribution in [1.29, 1.82) is 0 Å². The molecule has 6 atom stereocenters. The molecule has 0 aromatic rings. The van der Waals surface area contributed by atoms with Gasteiger partial charge in [-0.15, -0.1) is 0 Å². The minimum absolute atomic E-state index is 0.0318. The van der Waals surface area contributed by atoms with Crippen LogP contribution in [0.4, 0.5) is 0 Å². The molecule has 0 radical (unpaired) electrons. The molecule has 0 bridgehead atoms. The Kier molecular flexibility index (Phi) is 6.45. The molecule has 0 aromatic carbocycles. The maximum Gasteiger partial charge on any atom is 0.249 e. The molecule has 176 valence electrons. The summed E-state index contributed by atoms with van der Waals surface area (Å²) in [5, 5.41) is 9.25. The molecule has 32 heavy (non-hydrogen) atoms. The number of aliphatic hydroxyl groups is 1. The van der Waals surface area contributed by atoms with Crippen LogP contribution in [0.3, 0.4) is 0 Å². The number of likely N-dealkylation sites (tertiary alicyclic amines) is 1. The lowest BCUT2D eigenvalue weighted by molar-refractivity contribution is -0.149. The summed E-state index contributed by atoms with van der Waals surface area (Å²) in [4.78, 5) is 46.1. The van der Waals surface area contributed by atoms with Gasteiger partial charge in [0.15, 0.2) is 0 Å². The van der Waals surface area contributed by atoms with Gasteiger partial charge in [0, 0.05) is 39.3 Å². The molecule has 2 fully saturated rings. The summed E-state index contributed by atoms with van der Waals surface area (Å²) in [6.07, 6.45) is 10.0. The van der Waals surface area contributed by atoms with Crippen molar-refractivity contribution in [3.05, 3.63) is 24.3 Å². The topological polar surface area (TPSA) is 90.4 Å². The van der Waals surface area contributed by atoms with Crippen molar-refractivity contribution >= 4 is 17.7 Å². The third-order valence-electron chi connectivity index (χ3n) is 7.44. The molecule has 8 nitrogen and oxygen atoms in total. The smallest absolute Gasteiger partial charge is 0.249 e. The summed E-state index contributed by atoms with van der Waals surface area (Å²) >= 11 is 0. The van der Waals surface area contributed by atoms with E-state index in [-0.39, 0.29) is 30.4 Å². The molecule has 2 unspecified atom stereocenters. The Morgan fingerprint density at radius 3 is 2.66 bits per heavy atom. The maximum absolute atomic E-state index is 13.9. The van der Waals surface area contributed by atoms with Gasteiger partial charge in [0.25, 0.3) is 0 Å². The van der Waals surface area contributed by atoms with E-state index in [1.54, 1.807) is 16.8 Å². The van der Waals surface area contributed by atoms with Crippen LogP contribution in [-0.2, 0) is 19.1 Å². The fourth-order valence-electron chi connectivity index (χ4n) is 5.88. The van der Waals surface area contributed by atoms with Crippen molar-refractivity contribution in [2.45, 2.75) is 63.3 Å². The van der Waals surface area contributed by atoms with Crippen molar-refractivity contribution in [3.8, 4) is 0 Å². The fraction of sp³-hybridized carbons (Fsp3) is 0.708. The van der Waals surface area contributed by atoms with Gasteiger partial charge in [0.2, 0.25) is 17.7 Å². The first-order valence-electron chi connectivity index (χ1n) is 11.9. The second-order valence-corrected chi connectivity index (χ2v) is 9.48. The average Bonchev–Trinajstić information content (AvgIpc) is 3.08. The van der Waals surface area contributed by atoms with E-state index in [0.717, 1.165) is 12.8 Å². The van der Waals surface area contributed by atoms with Gasteiger partial charge >= 0.3 is 0 Å². The second-order valence-electron chi connectivity index (χ2n) is 9.48. The van der Waals surface area contributed by atoms with Crippen molar-refractivity contribution in [1.82, 2.24) is 14.7 Å². The predicted molar refractivity (Wildman–Crippen MR) is 118 cm³/mol. The maximum atomic E-state index is 13.9. The number of unbranched alkanes of at least 4 members (excludes halogenated alkanes) is 1. The highest BCUT2D eigenvalue weighted by Crippen LogP contribution is 2.53. The summed E-state index contributed by atoms with van der Waals surface area (Å²) in [5.41, 5.74) is -1.15. The number of carbonyl (C=O) groups excluding carboxylic acids is 3. The lowest BCUT2D eigenvalue weighted by Crippen LogP contribution is -2.56. The van der Waals surface area contributed by atoms with Crippen LogP contribution in [0.1, 0.15) is 39.5 Å². The van der Waals surface area contributed by atoms with Gasteiger partial charge in [0.1, 0.15) is 11.6 Å². The molecule has 4 aliphatic heterocycles. The summed E-state index contributed by atoms with van der Waals surface area (Å²) in [7, 11) is 1.73. The minimum atomic E-state index is -1.15. The van der Waals surface area contributed by atoms with Gasteiger partial charge < -0.3 is 24.5 Å². The van der Waals surface area contributed by atoms with Gasteiger partial charge in [0.05, 0.1) is 17.9 Å². The minimum Gasteiger partial charge on any atom is -0.396 e. The molecule has 1 spiro atoms. The normalized spacial score (nSPS) is 35.0. The number of fused-ring (bicyclic) bond motifs is 2. The molecule has 4 aliphatic rings. The third-order valence-corrected chi connectivity index (χ3v) is 7.44. The molecule has 0 aromatic heterocycles. The first-order chi connectivity index (χ1) is 15.4. The second kappa shape index (κ2) is 8.98. The molecule has 0 saturated carbocycles. The van der Waals surface area contributed by atoms with E-state index in [1.807, 2.05) is 36.1 Å². The Balaban J connectivity index is 1.77. The van der Waals surface area contributed by atoms with Gasteiger partial charge in [-0.2, -0.15) is 0 Å². The molecule has 4 rings (SSSR count). The Morgan fingerprint density at radius 2 is 1.94 bits per heavy atom. The van der Waals surface area contributed by atoms with E-state index in [0.29, 0.717) is 32.5 Å². The molecule has 2 saturated heterocycles. The molecule has 3 amide bonds. The summed E-state index contributed by atoms with van der Waals surface area (Å²) in [6, 6.07) is -0.754. The van der Waals surface area contributed by atoms with Crippen LogP contribution in [0.25, 0.3) is 0 Å². The van der Waals surface area contributed by atoms with Gasteiger partial charge in [-0.3, -0.25) is 14.4 Å². The van der Waals surface area contributed by atoms with Crippen LogP contribution in [-0.4, -0.2) is 94.6 Å². The summed E-state index contributed by atoms with van der Waals surface area (Å²) < 4.78 is 6.54. The number of rotatable bonds is 7. The lowest BCUT2D eigenvalue weighted by atomic mass is 9.77. The zero-order valence-corrected chi connectivity index (χ0v) is 19.3. The molecular weight excluding hydrogens is 410 g/mol. The van der Waals surface area contributed by atoms with Gasteiger partial charge in [-0.1, -0.05) is 37.6 Å². The summed E-state index contributed by atoms with van der Waals surface area (Å²) in [6.45, 7) is 5.46. The lowest BCUT2D eigenvalue weighted by Gasteiger charge is -2.37. The van der Waals surface area contributed by atoms with Crippen LogP contribution in [0.2, 0.25) is 0 Å². The van der Waals surface area contributed by atoms with E-state index in [2.05, 4.69) is 6.92 Å². The SMILES string of the molecule is CCCC(C)N1CC=C[C@]23O[C@H]4C=CCN(C)C(=O)[C@H]4[C@H]2C(=O)N(CCCCO)C3C1=O. The van der Waals surface area contributed by atoms with Crippen molar-refractivity contribution in [2.24, 2.45) is 11.8 Å². The highest BCUT2D eigenvalue weighted by Gasteiger charge is 2.71. The Bertz CT molecular complexity index is 826. The molecule has 4 heterocycles. The van der Waals surface area contributed by atoms with Crippen molar-refractivity contribution in [2.75, 3.05) is 33.3 Å². The number of hydrogen-bond donors (Lipinski definition) is 1. The number of ether oxygens (including phenoxy) is 1. The van der Waals surface area contributed by atoms with Gasteiger partial charge in [-0.25, -0.2) is 0 Å². The van der Waals surface area contributed by atoms with Crippen LogP contribution in [0, 0.1) is 11.8 Å². The standard InChI is InChI=1S/C24H35N3O5/c1-4-9-16(2)26-14-8-11-24-19(18-17(32-24)10-7-12-25(3)21(18)29)22(30)27(13-5-6-15-28)20(24)23(26)31/h7-8,10-11,16-20,28H,4-6,9,12-15H2,1-3H3/t16?,17-,18+,19-,20?,24-/m0/s1. The molecule has 8 heteroatoms. The Morgan fingerprint density at radius 1 is 1.16 bits per heavy atom. The number of aliphatic hydroxyl groups excluding tert-OH is 1. The van der Waals surface area contributed by atoms with E-state index in [1.165, 1.54) is 0 Å².